The van der Waals surface area contributed by atoms with Gasteiger partial charge in [-0.3, -0.25) is 0 Å². The van der Waals surface area contributed by atoms with Gasteiger partial charge in [0, 0.05) is 0 Å². The van der Waals surface area contributed by atoms with Crippen LogP contribution in [0.1, 0.15) is 19.3 Å². The molecular formula is C13H19BrClNO. The largest absolute Gasteiger partial charge is 0.492 e. The highest BCUT2D eigenvalue weighted by molar-refractivity contribution is 9.10. The summed E-state index contributed by atoms with van der Waals surface area (Å²) in [6.07, 6.45) is 3.75. The molecule has 2 rings (SSSR count). The number of para-hydroxylation sites is 1. The van der Waals surface area contributed by atoms with E-state index in [1.54, 1.807) is 0 Å². The molecule has 0 spiro atoms. The zero-order chi connectivity index (χ0) is 11.2. The molecule has 0 atom stereocenters. The number of hydrogen-bond donors (Lipinski definition) is 1. The summed E-state index contributed by atoms with van der Waals surface area (Å²) in [5, 5.41) is 3.38. The van der Waals surface area contributed by atoms with E-state index < -0.39 is 0 Å². The molecule has 0 aromatic heterocycles. The predicted octanol–water partition coefficient (Wildman–Crippen LogP) is 3.64. The molecule has 4 heteroatoms. The van der Waals surface area contributed by atoms with Gasteiger partial charge >= 0.3 is 0 Å². The molecule has 17 heavy (non-hydrogen) atoms. The molecule has 0 radical (unpaired) electrons. The zero-order valence-corrected chi connectivity index (χ0v) is 12.2. The standard InChI is InChI=1S/C13H18BrNO.ClH/c14-12-3-1-2-4-13(12)16-10-7-11-5-8-15-9-6-11;/h1-4,11,15H,5-10H2;1H. The van der Waals surface area contributed by atoms with Gasteiger partial charge in [-0.15, -0.1) is 12.4 Å². The van der Waals surface area contributed by atoms with Gasteiger partial charge < -0.3 is 10.1 Å². The summed E-state index contributed by atoms with van der Waals surface area (Å²) in [6.45, 7) is 3.16. The van der Waals surface area contributed by atoms with E-state index >= 15 is 0 Å². The van der Waals surface area contributed by atoms with Gasteiger partial charge in [0.15, 0.2) is 0 Å². The van der Waals surface area contributed by atoms with Gasteiger partial charge in [-0.1, -0.05) is 12.1 Å². The molecule has 1 N–H and O–H groups in total. The number of benzene rings is 1. The lowest BCUT2D eigenvalue weighted by Gasteiger charge is -2.22. The van der Waals surface area contributed by atoms with E-state index in [4.69, 9.17) is 4.74 Å². The Morgan fingerprint density at radius 2 is 1.94 bits per heavy atom. The van der Waals surface area contributed by atoms with Gasteiger partial charge in [0.2, 0.25) is 0 Å². The molecule has 0 unspecified atom stereocenters. The Labute approximate surface area is 118 Å². The number of nitrogens with one attached hydrogen (secondary N) is 1. The first-order chi connectivity index (χ1) is 7.86. The summed E-state index contributed by atoms with van der Waals surface area (Å²) in [5.74, 6) is 1.79. The molecule has 1 fully saturated rings. The third-order valence-corrected chi connectivity index (χ3v) is 3.73. The Hall–Kier alpha value is -0.250. The Morgan fingerprint density at radius 1 is 1.24 bits per heavy atom. The second-order valence-corrected chi connectivity index (χ2v) is 5.12. The van der Waals surface area contributed by atoms with Crippen molar-refractivity contribution >= 4 is 28.3 Å². The van der Waals surface area contributed by atoms with Gasteiger partial charge in [0.05, 0.1) is 11.1 Å². The average Bonchev–Trinajstić information content (AvgIpc) is 2.33. The van der Waals surface area contributed by atoms with Crippen molar-refractivity contribution in [3.8, 4) is 5.75 Å². The second kappa shape index (κ2) is 7.96. The topological polar surface area (TPSA) is 21.3 Å². The van der Waals surface area contributed by atoms with Crippen molar-refractivity contribution in [2.24, 2.45) is 5.92 Å². The van der Waals surface area contributed by atoms with Crippen molar-refractivity contribution in [2.45, 2.75) is 19.3 Å². The van der Waals surface area contributed by atoms with E-state index in [0.717, 1.165) is 22.7 Å². The summed E-state index contributed by atoms with van der Waals surface area (Å²) < 4.78 is 6.81. The second-order valence-electron chi connectivity index (χ2n) is 4.26. The molecule has 0 saturated carbocycles. The van der Waals surface area contributed by atoms with Crippen LogP contribution in [0.25, 0.3) is 0 Å². The van der Waals surface area contributed by atoms with Crippen molar-refractivity contribution in [1.29, 1.82) is 0 Å². The predicted molar refractivity (Wildman–Crippen MR) is 77.1 cm³/mol. The summed E-state index contributed by atoms with van der Waals surface area (Å²) in [7, 11) is 0. The van der Waals surface area contributed by atoms with Crippen LogP contribution in [0, 0.1) is 5.92 Å². The number of ether oxygens (including phenoxy) is 1. The van der Waals surface area contributed by atoms with Gasteiger partial charge in [-0.2, -0.15) is 0 Å². The summed E-state index contributed by atoms with van der Waals surface area (Å²) in [4.78, 5) is 0. The maximum Gasteiger partial charge on any atom is 0.133 e. The van der Waals surface area contributed by atoms with E-state index in [2.05, 4.69) is 21.2 Å². The van der Waals surface area contributed by atoms with Crippen LogP contribution in [0.15, 0.2) is 28.7 Å². The van der Waals surface area contributed by atoms with Crippen molar-refractivity contribution in [3.63, 3.8) is 0 Å². The number of piperidine rings is 1. The minimum absolute atomic E-state index is 0. The van der Waals surface area contributed by atoms with Gasteiger partial charge in [0.1, 0.15) is 5.75 Å². The number of halogens is 2. The normalized spacial score (nSPS) is 16.3. The molecule has 1 aliphatic rings. The minimum Gasteiger partial charge on any atom is -0.492 e. The van der Waals surface area contributed by atoms with Crippen LogP contribution in [0.2, 0.25) is 0 Å². The summed E-state index contributed by atoms with van der Waals surface area (Å²) in [5.41, 5.74) is 0. The highest BCUT2D eigenvalue weighted by Crippen LogP contribution is 2.24. The summed E-state index contributed by atoms with van der Waals surface area (Å²) >= 11 is 3.49. The maximum absolute atomic E-state index is 5.77. The van der Waals surface area contributed by atoms with E-state index in [1.807, 2.05) is 24.3 Å². The maximum atomic E-state index is 5.77. The molecule has 1 aromatic rings. The Morgan fingerprint density at radius 3 is 2.65 bits per heavy atom. The highest BCUT2D eigenvalue weighted by Gasteiger charge is 2.12. The van der Waals surface area contributed by atoms with Crippen LogP contribution < -0.4 is 10.1 Å². The average molecular weight is 321 g/mol. The molecule has 1 heterocycles. The van der Waals surface area contributed by atoms with Crippen molar-refractivity contribution < 1.29 is 4.74 Å². The fourth-order valence-electron chi connectivity index (χ4n) is 2.07. The van der Waals surface area contributed by atoms with Crippen molar-refractivity contribution in [3.05, 3.63) is 28.7 Å². The Balaban J connectivity index is 0.00000144. The van der Waals surface area contributed by atoms with Crippen LogP contribution in [0.5, 0.6) is 5.75 Å². The quantitative estimate of drug-likeness (QED) is 0.914. The zero-order valence-electron chi connectivity index (χ0n) is 9.82. The Bertz CT molecular complexity index is 329. The lowest BCUT2D eigenvalue weighted by molar-refractivity contribution is 0.251. The first-order valence-electron chi connectivity index (χ1n) is 5.94. The molecule has 0 amide bonds. The van der Waals surface area contributed by atoms with Gasteiger partial charge in [-0.05, 0) is 66.3 Å². The number of hydrogen-bond acceptors (Lipinski definition) is 2. The SMILES string of the molecule is Brc1ccccc1OCCC1CCNCC1.Cl. The Kier molecular flexibility index (Phi) is 6.93. The van der Waals surface area contributed by atoms with E-state index in [0.29, 0.717) is 0 Å². The van der Waals surface area contributed by atoms with Crippen molar-refractivity contribution in [2.75, 3.05) is 19.7 Å². The molecule has 1 saturated heterocycles. The van der Waals surface area contributed by atoms with Crippen molar-refractivity contribution in [1.82, 2.24) is 5.32 Å². The fourth-order valence-corrected chi connectivity index (χ4v) is 2.47. The monoisotopic (exact) mass is 319 g/mol. The van der Waals surface area contributed by atoms with E-state index in [-0.39, 0.29) is 12.4 Å². The molecule has 1 aromatic carbocycles. The van der Waals surface area contributed by atoms with Crippen LogP contribution in [0.3, 0.4) is 0 Å². The minimum atomic E-state index is 0. The van der Waals surface area contributed by atoms with E-state index in [1.165, 1.54) is 32.4 Å². The van der Waals surface area contributed by atoms with Crippen LogP contribution in [-0.4, -0.2) is 19.7 Å². The molecule has 2 nitrogen and oxygen atoms in total. The summed E-state index contributed by atoms with van der Waals surface area (Å²) in [6, 6.07) is 8.03. The molecule has 0 aliphatic carbocycles. The van der Waals surface area contributed by atoms with Crippen LogP contribution >= 0.6 is 28.3 Å². The highest BCUT2D eigenvalue weighted by atomic mass is 79.9. The van der Waals surface area contributed by atoms with Gasteiger partial charge in [0.25, 0.3) is 0 Å². The first kappa shape index (κ1) is 14.8. The lowest BCUT2D eigenvalue weighted by atomic mass is 9.95. The fraction of sp³-hybridized carbons (Fsp3) is 0.538. The van der Waals surface area contributed by atoms with Gasteiger partial charge in [-0.25, -0.2) is 0 Å². The molecular weight excluding hydrogens is 302 g/mol. The van der Waals surface area contributed by atoms with Crippen LogP contribution in [-0.2, 0) is 0 Å². The smallest absolute Gasteiger partial charge is 0.133 e. The third-order valence-electron chi connectivity index (χ3n) is 3.08. The van der Waals surface area contributed by atoms with E-state index in [9.17, 15) is 0 Å². The molecule has 0 bridgehead atoms. The van der Waals surface area contributed by atoms with Crippen LogP contribution in [0.4, 0.5) is 0 Å². The third kappa shape index (κ3) is 4.86. The number of rotatable bonds is 4. The molecule has 1 aliphatic heterocycles. The molecule has 96 valence electrons. The lowest BCUT2D eigenvalue weighted by Crippen LogP contribution is -2.28. The first-order valence-corrected chi connectivity index (χ1v) is 6.73.